The van der Waals surface area contributed by atoms with E-state index in [0.717, 1.165) is 18.0 Å². The number of rotatable bonds is 6. The van der Waals surface area contributed by atoms with Crippen LogP contribution in [0.25, 0.3) is 0 Å². The third-order valence-electron chi connectivity index (χ3n) is 4.35. The van der Waals surface area contributed by atoms with Crippen molar-refractivity contribution in [1.29, 1.82) is 0 Å². The maximum Gasteiger partial charge on any atom is 0.165 e. The van der Waals surface area contributed by atoms with Gasteiger partial charge in [0.15, 0.2) is 11.6 Å². The highest BCUT2D eigenvalue weighted by Gasteiger charge is 2.33. The number of phenols is 1. The lowest BCUT2D eigenvalue weighted by Crippen LogP contribution is -2.33. The molecule has 0 radical (unpaired) electrons. The highest BCUT2D eigenvalue weighted by Crippen LogP contribution is 2.42. The van der Waals surface area contributed by atoms with E-state index in [4.69, 9.17) is 0 Å². The monoisotopic (exact) mass is 279 g/mol. The van der Waals surface area contributed by atoms with Crippen LogP contribution in [0.4, 0.5) is 4.39 Å². The Morgan fingerprint density at radius 2 is 2.00 bits per heavy atom. The molecule has 0 heterocycles. The fraction of sp³-hybridized carbons (Fsp3) is 0.647. The van der Waals surface area contributed by atoms with Gasteiger partial charge in [-0.3, -0.25) is 0 Å². The van der Waals surface area contributed by atoms with Gasteiger partial charge in [-0.1, -0.05) is 32.8 Å². The summed E-state index contributed by atoms with van der Waals surface area (Å²) in [6, 6.07) is 4.60. The minimum absolute atomic E-state index is 0.277. The van der Waals surface area contributed by atoms with E-state index in [1.54, 1.807) is 6.07 Å². The Morgan fingerprint density at radius 3 is 2.60 bits per heavy atom. The minimum atomic E-state index is -0.540. The molecule has 2 N–H and O–H groups in total. The summed E-state index contributed by atoms with van der Waals surface area (Å²) < 4.78 is 13.3. The third-order valence-corrected chi connectivity index (χ3v) is 4.35. The molecule has 1 saturated carbocycles. The second-order valence-electron chi connectivity index (χ2n) is 6.69. The van der Waals surface area contributed by atoms with Crippen molar-refractivity contribution in [2.75, 3.05) is 6.54 Å². The number of aromatic hydroxyl groups is 1. The SMILES string of the molecule is CC(C)CC1(CNCc2ccc(O)c(F)c2)CCCC1. The molecule has 2 nitrogen and oxygen atoms in total. The molecule has 0 bridgehead atoms. The zero-order valence-electron chi connectivity index (χ0n) is 12.6. The van der Waals surface area contributed by atoms with E-state index in [-0.39, 0.29) is 5.75 Å². The maximum atomic E-state index is 13.3. The van der Waals surface area contributed by atoms with Gasteiger partial charge in [0.1, 0.15) is 0 Å². The number of hydrogen-bond acceptors (Lipinski definition) is 2. The predicted molar refractivity (Wildman–Crippen MR) is 80.1 cm³/mol. The van der Waals surface area contributed by atoms with Gasteiger partial charge in [-0.15, -0.1) is 0 Å². The predicted octanol–water partition coefficient (Wildman–Crippen LogP) is 4.23. The zero-order valence-corrected chi connectivity index (χ0v) is 12.6. The van der Waals surface area contributed by atoms with Gasteiger partial charge in [0.25, 0.3) is 0 Å². The van der Waals surface area contributed by atoms with Gasteiger partial charge < -0.3 is 10.4 Å². The van der Waals surface area contributed by atoms with Crippen LogP contribution in [0.3, 0.4) is 0 Å². The first-order valence-electron chi connectivity index (χ1n) is 7.69. The number of benzene rings is 1. The van der Waals surface area contributed by atoms with Crippen LogP contribution in [-0.4, -0.2) is 11.7 Å². The first-order valence-corrected chi connectivity index (χ1v) is 7.69. The molecule has 3 heteroatoms. The molecule has 0 unspecified atom stereocenters. The van der Waals surface area contributed by atoms with E-state index in [1.165, 1.54) is 44.2 Å². The molecule has 20 heavy (non-hydrogen) atoms. The normalized spacial score (nSPS) is 17.8. The molecule has 0 atom stereocenters. The molecule has 0 spiro atoms. The summed E-state index contributed by atoms with van der Waals surface area (Å²) in [5, 5.41) is 12.7. The molecular weight excluding hydrogens is 253 g/mol. The second kappa shape index (κ2) is 6.57. The minimum Gasteiger partial charge on any atom is -0.505 e. The Hall–Kier alpha value is -1.09. The van der Waals surface area contributed by atoms with Crippen molar-refractivity contribution < 1.29 is 9.50 Å². The summed E-state index contributed by atoms with van der Waals surface area (Å²) in [6.45, 7) is 6.25. The lowest BCUT2D eigenvalue weighted by Gasteiger charge is -2.31. The van der Waals surface area contributed by atoms with Gasteiger partial charge in [0.05, 0.1) is 0 Å². The highest BCUT2D eigenvalue weighted by atomic mass is 19.1. The van der Waals surface area contributed by atoms with E-state index in [9.17, 15) is 9.50 Å². The summed E-state index contributed by atoms with van der Waals surface area (Å²) in [7, 11) is 0. The summed E-state index contributed by atoms with van der Waals surface area (Å²) >= 11 is 0. The van der Waals surface area contributed by atoms with Gasteiger partial charge >= 0.3 is 0 Å². The quantitative estimate of drug-likeness (QED) is 0.817. The third kappa shape index (κ3) is 3.95. The average molecular weight is 279 g/mol. The Kier molecular flexibility index (Phi) is 5.03. The second-order valence-corrected chi connectivity index (χ2v) is 6.69. The van der Waals surface area contributed by atoms with Crippen LogP contribution in [-0.2, 0) is 6.54 Å². The van der Waals surface area contributed by atoms with Crippen molar-refractivity contribution in [3.63, 3.8) is 0 Å². The molecule has 0 amide bonds. The van der Waals surface area contributed by atoms with E-state index in [1.807, 2.05) is 0 Å². The topological polar surface area (TPSA) is 32.3 Å². The molecule has 1 fully saturated rings. The molecule has 0 aliphatic heterocycles. The van der Waals surface area contributed by atoms with Crippen LogP contribution in [0.15, 0.2) is 18.2 Å². The van der Waals surface area contributed by atoms with Crippen LogP contribution >= 0.6 is 0 Å². The van der Waals surface area contributed by atoms with Crippen molar-refractivity contribution in [2.45, 2.75) is 52.5 Å². The summed E-state index contributed by atoms with van der Waals surface area (Å²) in [6.07, 6.45) is 6.55. The maximum absolute atomic E-state index is 13.3. The Balaban J connectivity index is 1.88. The summed E-state index contributed by atoms with van der Waals surface area (Å²) in [5.41, 5.74) is 1.32. The fourth-order valence-electron chi connectivity index (χ4n) is 3.58. The van der Waals surface area contributed by atoms with Crippen molar-refractivity contribution >= 4 is 0 Å². The molecule has 1 aliphatic rings. The molecular formula is C17H26FNO. The van der Waals surface area contributed by atoms with E-state index in [2.05, 4.69) is 19.2 Å². The fourth-order valence-corrected chi connectivity index (χ4v) is 3.58. The van der Waals surface area contributed by atoms with Crippen LogP contribution < -0.4 is 5.32 Å². The average Bonchev–Trinajstić information content (AvgIpc) is 2.81. The molecule has 2 rings (SSSR count). The van der Waals surface area contributed by atoms with Crippen molar-refractivity contribution in [1.82, 2.24) is 5.32 Å². The van der Waals surface area contributed by atoms with Crippen molar-refractivity contribution in [3.8, 4) is 5.75 Å². The first-order chi connectivity index (χ1) is 9.51. The Labute approximate surface area is 121 Å². The molecule has 0 saturated heterocycles. The van der Waals surface area contributed by atoms with Crippen LogP contribution in [0, 0.1) is 17.2 Å². The first kappa shape index (κ1) is 15.3. The summed E-state index contributed by atoms with van der Waals surface area (Å²) in [5.74, 6) is -0.0936. The molecule has 112 valence electrons. The van der Waals surface area contributed by atoms with Gasteiger partial charge in [0.2, 0.25) is 0 Å². The highest BCUT2D eigenvalue weighted by molar-refractivity contribution is 5.27. The Morgan fingerprint density at radius 1 is 1.30 bits per heavy atom. The van der Waals surface area contributed by atoms with E-state index >= 15 is 0 Å². The smallest absolute Gasteiger partial charge is 0.165 e. The van der Waals surface area contributed by atoms with E-state index in [0.29, 0.717) is 12.0 Å². The largest absolute Gasteiger partial charge is 0.505 e. The van der Waals surface area contributed by atoms with Gasteiger partial charge in [-0.05, 0) is 48.3 Å². The van der Waals surface area contributed by atoms with Gasteiger partial charge in [0, 0.05) is 13.1 Å². The molecule has 1 aromatic rings. The number of halogens is 1. The standard InChI is InChI=1S/C17H26FNO/c1-13(2)10-17(7-3-4-8-17)12-19-11-14-5-6-16(20)15(18)9-14/h5-6,9,13,19-20H,3-4,7-8,10-12H2,1-2H3. The number of phenolic OH excluding ortho intramolecular Hbond substituents is 1. The molecule has 0 aromatic heterocycles. The molecule has 1 aromatic carbocycles. The number of nitrogens with one attached hydrogen (secondary N) is 1. The lowest BCUT2D eigenvalue weighted by molar-refractivity contribution is 0.223. The number of hydrogen-bond donors (Lipinski definition) is 2. The summed E-state index contributed by atoms with van der Waals surface area (Å²) in [4.78, 5) is 0. The molecule has 1 aliphatic carbocycles. The van der Waals surface area contributed by atoms with Gasteiger partial charge in [-0.2, -0.15) is 0 Å². The zero-order chi connectivity index (χ0) is 14.6. The lowest BCUT2D eigenvalue weighted by atomic mass is 9.78. The van der Waals surface area contributed by atoms with Crippen LogP contribution in [0.1, 0.15) is 51.5 Å². The van der Waals surface area contributed by atoms with Crippen LogP contribution in [0.2, 0.25) is 0 Å². The van der Waals surface area contributed by atoms with Crippen molar-refractivity contribution in [3.05, 3.63) is 29.6 Å². The van der Waals surface area contributed by atoms with Gasteiger partial charge in [-0.25, -0.2) is 4.39 Å². The van der Waals surface area contributed by atoms with Crippen molar-refractivity contribution in [2.24, 2.45) is 11.3 Å². The van der Waals surface area contributed by atoms with E-state index < -0.39 is 5.82 Å². The Bertz CT molecular complexity index is 439. The van der Waals surface area contributed by atoms with Crippen LogP contribution in [0.5, 0.6) is 5.75 Å².